The second kappa shape index (κ2) is 4.54. The van der Waals surface area contributed by atoms with Crippen molar-refractivity contribution in [2.75, 3.05) is 0 Å². The summed E-state index contributed by atoms with van der Waals surface area (Å²) in [6, 6.07) is -0.875. The van der Waals surface area contributed by atoms with Gasteiger partial charge in [0.15, 0.2) is 0 Å². The number of hydrogen-bond donors (Lipinski definition) is 2. The molecule has 0 bridgehead atoms. The van der Waals surface area contributed by atoms with Crippen LogP contribution in [0.5, 0.6) is 0 Å². The lowest BCUT2D eigenvalue weighted by Gasteiger charge is -2.16. The van der Waals surface area contributed by atoms with Crippen LogP contribution >= 0.6 is 0 Å². The molecular formula is C8H13NO3. The van der Waals surface area contributed by atoms with Gasteiger partial charge in [0, 0.05) is 12.8 Å². The van der Waals surface area contributed by atoms with Crippen LogP contribution in [0.25, 0.3) is 0 Å². The minimum absolute atomic E-state index is 0.272. The maximum absolute atomic E-state index is 10.6. The Balaban J connectivity index is 4.32. The van der Waals surface area contributed by atoms with E-state index in [2.05, 4.69) is 11.9 Å². The van der Waals surface area contributed by atoms with Crippen LogP contribution in [0.1, 0.15) is 13.8 Å². The van der Waals surface area contributed by atoms with E-state index in [1.54, 1.807) is 6.92 Å². The van der Waals surface area contributed by atoms with Crippen LogP contribution in [0, 0.1) is 5.92 Å². The third-order valence-corrected chi connectivity index (χ3v) is 1.52. The molecule has 4 nitrogen and oxygen atoms in total. The average molecular weight is 171 g/mol. The second-order valence-corrected chi connectivity index (χ2v) is 2.61. The zero-order valence-electron chi connectivity index (χ0n) is 7.20. The third kappa shape index (κ3) is 3.18. The largest absolute Gasteiger partial charge is 0.480 e. The van der Waals surface area contributed by atoms with Gasteiger partial charge in [-0.25, -0.2) is 4.79 Å². The fourth-order valence-corrected chi connectivity index (χ4v) is 0.773. The summed E-state index contributed by atoms with van der Waals surface area (Å²) in [6.45, 7) is 6.42. The summed E-state index contributed by atoms with van der Waals surface area (Å²) in [5, 5.41) is 11.0. The fraction of sp³-hybridized carbons (Fsp3) is 0.500. The Hall–Kier alpha value is -1.32. The monoisotopic (exact) mass is 171 g/mol. The van der Waals surface area contributed by atoms with E-state index in [4.69, 9.17) is 5.11 Å². The Morgan fingerprint density at radius 3 is 2.33 bits per heavy atom. The minimum Gasteiger partial charge on any atom is -0.480 e. The zero-order chi connectivity index (χ0) is 9.72. The maximum Gasteiger partial charge on any atom is 0.326 e. The molecule has 0 spiro atoms. The predicted octanol–water partition coefficient (Wildman–Crippen LogP) is 0.398. The van der Waals surface area contributed by atoms with E-state index < -0.39 is 12.0 Å². The molecule has 1 amide bonds. The number of rotatable bonds is 4. The highest BCUT2D eigenvalue weighted by Crippen LogP contribution is 2.03. The second-order valence-electron chi connectivity index (χ2n) is 2.61. The van der Waals surface area contributed by atoms with Crippen LogP contribution in [0.4, 0.5) is 0 Å². The lowest BCUT2D eigenvalue weighted by atomic mass is 10.0. The van der Waals surface area contributed by atoms with Crippen molar-refractivity contribution in [2.45, 2.75) is 19.9 Å². The van der Waals surface area contributed by atoms with Crippen molar-refractivity contribution >= 4 is 11.9 Å². The number of nitrogens with one attached hydrogen (secondary N) is 1. The third-order valence-electron chi connectivity index (χ3n) is 1.52. The number of carbonyl (C=O) groups is 2. The molecule has 0 saturated carbocycles. The summed E-state index contributed by atoms with van der Waals surface area (Å²) >= 11 is 0. The maximum atomic E-state index is 10.6. The Labute approximate surface area is 71.3 Å². The summed E-state index contributed by atoms with van der Waals surface area (Å²) in [4.78, 5) is 21.1. The molecule has 2 atom stereocenters. The van der Waals surface area contributed by atoms with E-state index in [1.807, 2.05) is 0 Å². The molecule has 4 heteroatoms. The Kier molecular flexibility index (Phi) is 4.04. The van der Waals surface area contributed by atoms with Crippen LogP contribution in [0.15, 0.2) is 12.7 Å². The molecule has 2 N–H and O–H groups in total. The van der Waals surface area contributed by atoms with Gasteiger partial charge >= 0.3 is 5.97 Å². The highest BCUT2D eigenvalue weighted by molar-refractivity contribution is 5.82. The van der Waals surface area contributed by atoms with E-state index in [9.17, 15) is 9.59 Å². The average Bonchev–Trinajstić information content (AvgIpc) is 1.98. The molecule has 0 saturated heterocycles. The predicted molar refractivity (Wildman–Crippen MR) is 44.6 cm³/mol. The molecule has 0 aromatic rings. The van der Waals surface area contributed by atoms with Crippen molar-refractivity contribution in [1.29, 1.82) is 0 Å². The van der Waals surface area contributed by atoms with Crippen molar-refractivity contribution in [3.05, 3.63) is 12.7 Å². The van der Waals surface area contributed by atoms with Gasteiger partial charge < -0.3 is 10.4 Å². The standard InChI is InChI=1S/C8H13NO3/c1-4-5(2)7(8(11)12)9-6(3)10/h4-5,7H,1H2,2-3H3,(H,9,10)(H,11,12)/t5-,7?/m0/s1. The highest BCUT2D eigenvalue weighted by atomic mass is 16.4. The Morgan fingerprint density at radius 2 is 2.08 bits per heavy atom. The molecule has 0 aliphatic carbocycles. The van der Waals surface area contributed by atoms with Crippen LogP contribution in [-0.4, -0.2) is 23.0 Å². The van der Waals surface area contributed by atoms with Gasteiger partial charge in [-0.05, 0) is 0 Å². The van der Waals surface area contributed by atoms with E-state index >= 15 is 0 Å². The summed E-state index contributed by atoms with van der Waals surface area (Å²) in [7, 11) is 0. The van der Waals surface area contributed by atoms with E-state index in [1.165, 1.54) is 13.0 Å². The van der Waals surface area contributed by atoms with Gasteiger partial charge in [0.05, 0.1) is 0 Å². The number of carbonyl (C=O) groups excluding carboxylic acids is 1. The highest BCUT2D eigenvalue weighted by Gasteiger charge is 2.22. The lowest BCUT2D eigenvalue weighted by Crippen LogP contribution is -2.43. The van der Waals surface area contributed by atoms with E-state index in [0.717, 1.165) is 0 Å². The molecule has 0 fully saturated rings. The van der Waals surface area contributed by atoms with Crippen LogP contribution in [0.3, 0.4) is 0 Å². The molecule has 0 aromatic carbocycles. The van der Waals surface area contributed by atoms with E-state index in [-0.39, 0.29) is 11.8 Å². The van der Waals surface area contributed by atoms with E-state index in [0.29, 0.717) is 0 Å². The number of carboxylic acids is 1. The van der Waals surface area contributed by atoms with Crippen LogP contribution in [-0.2, 0) is 9.59 Å². The number of carboxylic acid groups (broad SMARTS) is 1. The molecule has 0 aliphatic rings. The molecule has 1 unspecified atom stereocenters. The molecule has 0 rings (SSSR count). The normalized spacial score (nSPS) is 14.5. The summed E-state index contributed by atoms with van der Waals surface area (Å²) in [5.41, 5.74) is 0. The molecule has 12 heavy (non-hydrogen) atoms. The van der Waals surface area contributed by atoms with Gasteiger partial charge in [-0.2, -0.15) is 0 Å². The Morgan fingerprint density at radius 1 is 1.58 bits per heavy atom. The molecule has 0 radical (unpaired) electrons. The number of aliphatic carboxylic acids is 1. The SMILES string of the molecule is C=C[C@H](C)C(NC(C)=O)C(=O)O. The lowest BCUT2D eigenvalue weighted by molar-refractivity contribution is -0.142. The van der Waals surface area contributed by atoms with Crippen LogP contribution in [0.2, 0.25) is 0 Å². The van der Waals surface area contributed by atoms with Gasteiger partial charge in [0.2, 0.25) is 5.91 Å². The van der Waals surface area contributed by atoms with Gasteiger partial charge in [-0.3, -0.25) is 4.79 Å². The van der Waals surface area contributed by atoms with Crippen molar-refractivity contribution < 1.29 is 14.7 Å². The van der Waals surface area contributed by atoms with Crippen molar-refractivity contribution in [3.8, 4) is 0 Å². The molecule has 0 heterocycles. The first-order valence-corrected chi connectivity index (χ1v) is 3.61. The summed E-state index contributed by atoms with van der Waals surface area (Å²) in [5.74, 6) is -1.67. The van der Waals surface area contributed by atoms with Gasteiger partial charge in [0.1, 0.15) is 6.04 Å². The number of amides is 1. The quantitative estimate of drug-likeness (QED) is 0.601. The van der Waals surface area contributed by atoms with Gasteiger partial charge in [-0.1, -0.05) is 13.0 Å². The Bertz CT molecular complexity index is 200. The molecule has 68 valence electrons. The van der Waals surface area contributed by atoms with Crippen molar-refractivity contribution in [2.24, 2.45) is 5.92 Å². The summed E-state index contributed by atoms with van der Waals surface area (Å²) < 4.78 is 0. The first-order chi connectivity index (χ1) is 5.49. The topological polar surface area (TPSA) is 66.4 Å². The summed E-state index contributed by atoms with van der Waals surface area (Å²) in [6.07, 6.45) is 1.49. The van der Waals surface area contributed by atoms with Crippen molar-refractivity contribution in [1.82, 2.24) is 5.32 Å². The smallest absolute Gasteiger partial charge is 0.326 e. The first-order valence-electron chi connectivity index (χ1n) is 3.61. The minimum atomic E-state index is -1.04. The molecular weight excluding hydrogens is 158 g/mol. The van der Waals surface area contributed by atoms with Gasteiger partial charge in [0.25, 0.3) is 0 Å². The molecule has 0 aliphatic heterocycles. The zero-order valence-corrected chi connectivity index (χ0v) is 7.20. The van der Waals surface area contributed by atoms with Crippen LogP contribution < -0.4 is 5.32 Å². The molecule has 0 aromatic heterocycles. The fourth-order valence-electron chi connectivity index (χ4n) is 0.773. The number of hydrogen-bond acceptors (Lipinski definition) is 2. The first kappa shape index (κ1) is 10.7. The van der Waals surface area contributed by atoms with Crippen molar-refractivity contribution in [3.63, 3.8) is 0 Å². The van der Waals surface area contributed by atoms with Gasteiger partial charge in [-0.15, -0.1) is 6.58 Å².